The summed E-state index contributed by atoms with van der Waals surface area (Å²) in [6.45, 7) is 5.95. The summed E-state index contributed by atoms with van der Waals surface area (Å²) in [7, 11) is 0. The Hall–Kier alpha value is -0.770. The summed E-state index contributed by atoms with van der Waals surface area (Å²) in [5.74, 6) is 1.19. The number of ether oxygens (including phenoxy) is 1. The summed E-state index contributed by atoms with van der Waals surface area (Å²) >= 11 is 3.29. The van der Waals surface area contributed by atoms with Crippen molar-refractivity contribution in [2.24, 2.45) is 0 Å². The zero-order valence-corrected chi connectivity index (χ0v) is 9.55. The van der Waals surface area contributed by atoms with Crippen LogP contribution < -0.4 is 10.5 Å². The number of anilines is 1. The highest BCUT2D eigenvalue weighted by molar-refractivity contribution is 9.10. The molecule has 1 aromatic heterocycles. The predicted octanol–water partition coefficient (Wildman–Crippen LogP) is 2.60. The van der Waals surface area contributed by atoms with Gasteiger partial charge in [0.1, 0.15) is 17.2 Å². The maximum atomic E-state index is 5.59. The fourth-order valence-corrected chi connectivity index (χ4v) is 1.17. The number of nitrogens with zero attached hydrogens (tertiary/aromatic N) is 1. The molecule has 0 aliphatic heterocycles. The zero-order valence-electron chi connectivity index (χ0n) is 7.97. The summed E-state index contributed by atoms with van der Waals surface area (Å²) in [4.78, 5) is 3.97. The van der Waals surface area contributed by atoms with Gasteiger partial charge in [0.15, 0.2) is 0 Å². The standard InChI is InChI=1S/C9H13BrN2O/c1-9(2,3)13-6-4-7(10)8(11)12-5-6/h4-5H,1-3H3,(H2,11,12). The van der Waals surface area contributed by atoms with Crippen molar-refractivity contribution >= 4 is 21.7 Å². The Kier molecular flexibility index (Phi) is 2.81. The van der Waals surface area contributed by atoms with Crippen molar-refractivity contribution in [2.45, 2.75) is 26.4 Å². The van der Waals surface area contributed by atoms with E-state index in [0.29, 0.717) is 11.6 Å². The molecule has 0 aromatic carbocycles. The maximum absolute atomic E-state index is 5.59. The van der Waals surface area contributed by atoms with Gasteiger partial charge in [-0.2, -0.15) is 0 Å². The number of nitrogens with two attached hydrogens (primary N) is 1. The van der Waals surface area contributed by atoms with E-state index in [4.69, 9.17) is 10.5 Å². The first kappa shape index (κ1) is 10.3. The lowest BCUT2D eigenvalue weighted by atomic mass is 10.2. The van der Waals surface area contributed by atoms with Crippen LogP contribution >= 0.6 is 15.9 Å². The third-order valence-corrected chi connectivity index (χ3v) is 1.90. The van der Waals surface area contributed by atoms with Crippen molar-refractivity contribution in [1.82, 2.24) is 4.98 Å². The summed E-state index contributed by atoms with van der Waals surface area (Å²) in [5.41, 5.74) is 5.33. The lowest BCUT2D eigenvalue weighted by molar-refractivity contribution is 0.130. The van der Waals surface area contributed by atoms with E-state index in [2.05, 4.69) is 20.9 Å². The molecule has 13 heavy (non-hydrogen) atoms. The molecule has 0 fully saturated rings. The summed E-state index contributed by atoms with van der Waals surface area (Å²) in [5, 5.41) is 0. The Balaban J connectivity index is 2.86. The summed E-state index contributed by atoms with van der Waals surface area (Å²) in [6, 6.07) is 1.81. The van der Waals surface area contributed by atoms with Gasteiger partial charge < -0.3 is 10.5 Å². The molecular formula is C9H13BrN2O. The molecule has 72 valence electrons. The second-order valence-corrected chi connectivity index (χ2v) is 4.61. The number of hydrogen-bond acceptors (Lipinski definition) is 3. The summed E-state index contributed by atoms with van der Waals surface area (Å²) < 4.78 is 6.35. The normalized spacial score (nSPS) is 11.4. The van der Waals surface area contributed by atoms with Gasteiger partial charge in [-0.3, -0.25) is 0 Å². The molecule has 0 aliphatic carbocycles. The molecule has 3 nitrogen and oxygen atoms in total. The van der Waals surface area contributed by atoms with Crippen LogP contribution in [0.4, 0.5) is 5.82 Å². The molecule has 0 spiro atoms. The van der Waals surface area contributed by atoms with Gasteiger partial charge in [0.2, 0.25) is 0 Å². The molecular weight excluding hydrogens is 232 g/mol. The fourth-order valence-electron chi connectivity index (χ4n) is 0.840. The molecule has 2 N–H and O–H groups in total. The minimum atomic E-state index is -0.211. The van der Waals surface area contributed by atoms with Gasteiger partial charge in [-0.15, -0.1) is 0 Å². The van der Waals surface area contributed by atoms with Crippen molar-refractivity contribution in [3.63, 3.8) is 0 Å². The van der Waals surface area contributed by atoms with E-state index in [0.717, 1.165) is 4.47 Å². The van der Waals surface area contributed by atoms with Gasteiger partial charge in [0.25, 0.3) is 0 Å². The predicted molar refractivity (Wildman–Crippen MR) is 56.7 cm³/mol. The molecule has 1 aromatic rings. The van der Waals surface area contributed by atoms with Crippen molar-refractivity contribution in [3.8, 4) is 5.75 Å². The molecule has 0 bridgehead atoms. The highest BCUT2D eigenvalue weighted by Crippen LogP contribution is 2.24. The van der Waals surface area contributed by atoms with Gasteiger partial charge >= 0.3 is 0 Å². The molecule has 0 saturated heterocycles. The quantitative estimate of drug-likeness (QED) is 0.827. The number of halogens is 1. The largest absolute Gasteiger partial charge is 0.486 e. The lowest BCUT2D eigenvalue weighted by Gasteiger charge is -2.21. The van der Waals surface area contributed by atoms with Gasteiger partial charge in [-0.05, 0) is 42.8 Å². The van der Waals surface area contributed by atoms with Gasteiger partial charge in [0, 0.05) is 0 Å². The zero-order chi connectivity index (χ0) is 10.1. The van der Waals surface area contributed by atoms with E-state index in [1.165, 1.54) is 0 Å². The second kappa shape index (κ2) is 3.54. The topological polar surface area (TPSA) is 48.1 Å². The van der Waals surface area contributed by atoms with E-state index in [1.807, 2.05) is 26.8 Å². The number of nitrogen functional groups attached to an aromatic ring is 1. The SMILES string of the molecule is CC(C)(C)Oc1cnc(N)c(Br)c1. The molecule has 1 rings (SSSR count). The Labute approximate surface area is 86.4 Å². The maximum Gasteiger partial charge on any atom is 0.139 e. The number of hydrogen-bond donors (Lipinski definition) is 1. The van der Waals surface area contributed by atoms with Crippen molar-refractivity contribution < 1.29 is 4.74 Å². The number of rotatable bonds is 1. The Bertz CT molecular complexity index is 307. The van der Waals surface area contributed by atoms with Crippen LogP contribution in [0, 0.1) is 0 Å². The fraction of sp³-hybridized carbons (Fsp3) is 0.444. The van der Waals surface area contributed by atoms with Crippen LogP contribution in [-0.2, 0) is 0 Å². The third kappa shape index (κ3) is 3.22. The highest BCUT2D eigenvalue weighted by atomic mass is 79.9. The van der Waals surface area contributed by atoms with E-state index in [9.17, 15) is 0 Å². The van der Waals surface area contributed by atoms with E-state index < -0.39 is 0 Å². The Morgan fingerprint density at radius 2 is 2.08 bits per heavy atom. The van der Waals surface area contributed by atoms with Gasteiger partial charge in [0.05, 0.1) is 10.7 Å². The van der Waals surface area contributed by atoms with Crippen molar-refractivity contribution in [1.29, 1.82) is 0 Å². The van der Waals surface area contributed by atoms with Crippen LogP contribution in [0.15, 0.2) is 16.7 Å². The molecule has 0 atom stereocenters. The number of aromatic nitrogens is 1. The minimum Gasteiger partial charge on any atom is -0.486 e. The molecule has 0 amide bonds. The number of pyridine rings is 1. The monoisotopic (exact) mass is 244 g/mol. The second-order valence-electron chi connectivity index (χ2n) is 3.75. The molecule has 1 heterocycles. The first-order valence-corrected chi connectivity index (χ1v) is 4.78. The van der Waals surface area contributed by atoms with E-state index in [1.54, 1.807) is 6.20 Å². The molecule has 0 aliphatic rings. The van der Waals surface area contributed by atoms with Crippen LogP contribution in [0.5, 0.6) is 5.75 Å². The average Bonchev–Trinajstić information content (AvgIpc) is 1.94. The van der Waals surface area contributed by atoms with Crippen molar-refractivity contribution in [2.75, 3.05) is 5.73 Å². The average molecular weight is 245 g/mol. The lowest BCUT2D eigenvalue weighted by Crippen LogP contribution is -2.23. The van der Waals surface area contributed by atoms with Gasteiger partial charge in [-0.1, -0.05) is 0 Å². The van der Waals surface area contributed by atoms with Gasteiger partial charge in [-0.25, -0.2) is 4.98 Å². The van der Waals surface area contributed by atoms with Crippen LogP contribution in [0.25, 0.3) is 0 Å². The third-order valence-electron chi connectivity index (χ3n) is 1.27. The molecule has 0 radical (unpaired) electrons. The van der Waals surface area contributed by atoms with Crippen molar-refractivity contribution in [3.05, 3.63) is 16.7 Å². The van der Waals surface area contributed by atoms with Crippen LogP contribution in [0.3, 0.4) is 0 Å². The first-order valence-electron chi connectivity index (χ1n) is 3.98. The Morgan fingerprint density at radius 3 is 2.54 bits per heavy atom. The Morgan fingerprint density at radius 1 is 1.46 bits per heavy atom. The minimum absolute atomic E-state index is 0.211. The first-order chi connectivity index (χ1) is 5.88. The molecule has 0 unspecified atom stereocenters. The van der Waals surface area contributed by atoms with E-state index >= 15 is 0 Å². The molecule has 0 saturated carbocycles. The van der Waals surface area contributed by atoms with Crippen LogP contribution in [0.1, 0.15) is 20.8 Å². The van der Waals surface area contributed by atoms with Crippen LogP contribution in [0.2, 0.25) is 0 Å². The summed E-state index contributed by atoms with van der Waals surface area (Å²) in [6.07, 6.45) is 1.62. The highest BCUT2D eigenvalue weighted by Gasteiger charge is 2.12. The smallest absolute Gasteiger partial charge is 0.139 e. The van der Waals surface area contributed by atoms with E-state index in [-0.39, 0.29) is 5.60 Å². The van der Waals surface area contributed by atoms with Crippen LogP contribution in [-0.4, -0.2) is 10.6 Å². The molecule has 4 heteroatoms.